The fourth-order valence-corrected chi connectivity index (χ4v) is 2.12. The summed E-state index contributed by atoms with van der Waals surface area (Å²) in [6, 6.07) is 10.0. The molecule has 144 valence electrons. The number of hydrogen-bond acceptors (Lipinski definition) is 6. The topological polar surface area (TPSA) is 83.1 Å². The second-order valence-corrected chi connectivity index (χ2v) is 5.43. The largest absolute Gasteiger partial charge is 0.493 e. The van der Waals surface area contributed by atoms with E-state index in [1.165, 1.54) is 45.4 Å². The molecule has 0 radical (unpaired) electrons. The summed E-state index contributed by atoms with van der Waals surface area (Å²) in [4.78, 5) is 24.0. The molecule has 2 rings (SSSR count). The van der Waals surface area contributed by atoms with Gasteiger partial charge in [-0.1, -0.05) is 0 Å². The van der Waals surface area contributed by atoms with Crippen molar-refractivity contribution >= 4 is 17.6 Å². The van der Waals surface area contributed by atoms with Gasteiger partial charge in [0.25, 0.3) is 5.91 Å². The minimum atomic E-state index is -1.04. The van der Waals surface area contributed by atoms with E-state index in [0.29, 0.717) is 22.9 Å². The monoisotopic (exact) mass is 377 g/mol. The van der Waals surface area contributed by atoms with E-state index in [1.807, 2.05) is 0 Å². The lowest BCUT2D eigenvalue weighted by atomic mass is 10.2. The smallest absolute Gasteiger partial charge is 0.344 e. The highest BCUT2D eigenvalue weighted by Crippen LogP contribution is 2.29. The van der Waals surface area contributed by atoms with E-state index in [9.17, 15) is 14.0 Å². The zero-order valence-electron chi connectivity index (χ0n) is 15.2. The highest BCUT2D eigenvalue weighted by atomic mass is 19.1. The number of halogens is 1. The first-order valence-corrected chi connectivity index (χ1v) is 8.03. The molecular weight excluding hydrogens is 357 g/mol. The van der Waals surface area contributed by atoms with E-state index < -0.39 is 30.4 Å². The Kier molecular flexibility index (Phi) is 6.99. The second-order valence-electron chi connectivity index (χ2n) is 5.43. The number of esters is 1. The van der Waals surface area contributed by atoms with Gasteiger partial charge >= 0.3 is 5.97 Å². The standard InChI is InChI=1S/C19H20FNO6/c1-12(27-18(22)11-26-15-7-4-13(20)5-8-15)19(23)21-14-6-9-16(24-2)17(10-14)25-3/h4-10,12H,11H2,1-3H3,(H,21,23)/t12-/m1/s1. The molecule has 1 atom stereocenters. The van der Waals surface area contributed by atoms with Crippen LogP contribution in [0, 0.1) is 5.82 Å². The van der Waals surface area contributed by atoms with Crippen molar-refractivity contribution in [3.05, 3.63) is 48.3 Å². The molecule has 0 aromatic heterocycles. The molecule has 0 saturated carbocycles. The fourth-order valence-electron chi connectivity index (χ4n) is 2.12. The third kappa shape index (κ3) is 5.88. The molecule has 0 spiro atoms. The number of benzene rings is 2. The molecule has 7 nitrogen and oxygen atoms in total. The average Bonchev–Trinajstić information content (AvgIpc) is 2.67. The van der Waals surface area contributed by atoms with Crippen LogP contribution in [-0.4, -0.2) is 38.8 Å². The maximum absolute atomic E-state index is 12.8. The van der Waals surface area contributed by atoms with Crippen molar-refractivity contribution in [2.75, 3.05) is 26.1 Å². The van der Waals surface area contributed by atoms with Crippen LogP contribution in [0.4, 0.5) is 10.1 Å². The highest BCUT2D eigenvalue weighted by Gasteiger charge is 2.19. The maximum Gasteiger partial charge on any atom is 0.344 e. The van der Waals surface area contributed by atoms with Crippen LogP contribution in [0.25, 0.3) is 0 Å². The lowest BCUT2D eigenvalue weighted by Gasteiger charge is -2.15. The fraction of sp³-hybridized carbons (Fsp3) is 0.263. The Morgan fingerprint density at radius 1 is 1.04 bits per heavy atom. The molecule has 2 aromatic rings. The minimum Gasteiger partial charge on any atom is -0.493 e. The Morgan fingerprint density at radius 3 is 2.33 bits per heavy atom. The quantitative estimate of drug-likeness (QED) is 0.713. The van der Waals surface area contributed by atoms with Gasteiger partial charge in [-0.05, 0) is 43.3 Å². The Balaban J connectivity index is 1.85. The molecule has 0 fully saturated rings. The second kappa shape index (κ2) is 9.42. The van der Waals surface area contributed by atoms with Gasteiger partial charge in [-0.25, -0.2) is 9.18 Å². The number of anilines is 1. The van der Waals surface area contributed by atoms with Crippen molar-refractivity contribution in [2.45, 2.75) is 13.0 Å². The first kappa shape index (κ1) is 20.0. The Labute approximate surface area is 156 Å². The maximum atomic E-state index is 12.8. The van der Waals surface area contributed by atoms with Gasteiger partial charge in [0.2, 0.25) is 0 Å². The average molecular weight is 377 g/mol. The molecule has 0 heterocycles. The summed E-state index contributed by atoms with van der Waals surface area (Å²) >= 11 is 0. The molecule has 2 aromatic carbocycles. The van der Waals surface area contributed by atoms with Gasteiger partial charge in [0, 0.05) is 11.8 Å². The summed E-state index contributed by atoms with van der Waals surface area (Å²) in [5.74, 6) is -0.367. The van der Waals surface area contributed by atoms with Crippen LogP contribution in [0.15, 0.2) is 42.5 Å². The van der Waals surface area contributed by atoms with E-state index in [0.717, 1.165) is 0 Å². The summed E-state index contributed by atoms with van der Waals surface area (Å²) < 4.78 is 33.3. The van der Waals surface area contributed by atoms with E-state index in [4.69, 9.17) is 18.9 Å². The Morgan fingerprint density at radius 2 is 1.70 bits per heavy atom. The Bertz CT molecular complexity index is 793. The van der Waals surface area contributed by atoms with Crippen LogP contribution in [0.3, 0.4) is 0 Å². The summed E-state index contributed by atoms with van der Waals surface area (Å²) in [5, 5.41) is 2.62. The van der Waals surface area contributed by atoms with E-state index in [-0.39, 0.29) is 0 Å². The van der Waals surface area contributed by atoms with Gasteiger partial charge in [0.15, 0.2) is 24.2 Å². The van der Waals surface area contributed by atoms with Crippen molar-refractivity contribution in [3.8, 4) is 17.2 Å². The molecule has 0 bridgehead atoms. The summed E-state index contributed by atoms with van der Waals surface area (Å²) in [5.41, 5.74) is 0.461. The first-order chi connectivity index (χ1) is 12.9. The van der Waals surface area contributed by atoms with Gasteiger partial charge in [-0.15, -0.1) is 0 Å². The van der Waals surface area contributed by atoms with E-state index in [1.54, 1.807) is 18.2 Å². The molecule has 27 heavy (non-hydrogen) atoms. The summed E-state index contributed by atoms with van der Waals surface area (Å²) in [7, 11) is 2.99. The number of methoxy groups -OCH3 is 2. The van der Waals surface area contributed by atoms with E-state index in [2.05, 4.69) is 5.32 Å². The first-order valence-electron chi connectivity index (χ1n) is 8.03. The molecule has 0 aliphatic rings. The molecule has 1 amide bonds. The Hall–Kier alpha value is -3.29. The van der Waals surface area contributed by atoms with Gasteiger partial charge in [0.1, 0.15) is 11.6 Å². The summed E-state index contributed by atoms with van der Waals surface area (Å²) in [6.07, 6.45) is -1.04. The number of ether oxygens (including phenoxy) is 4. The zero-order chi connectivity index (χ0) is 19.8. The molecule has 8 heteroatoms. The van der Waals surface area contributed by atoms with Crippen LogP contribution in [0.1, 0.15) is 6.92 Å². The van der Waals surface area contributed by atoms with Crippen molar-refractivity contribution in [2.24, 2.45) is 0 Å². The predicted octanol–water partition coefficient (Wildman–Crippen LogP) is 2.79. The van der Waals surface area contributed by atoms with Crippen molar-refractivity contribution in [1.82, 2.24) is 0 Å². The van der Waals surface area contributed by atoms with Crippen molar-refractivity contribution in [1.29, 1.82) is 0 Å². The van der Waals surface area contributed by atoms with Gasteiger partial charge in [-0.3, -0.25) is 4.79 Å². The molecule has 0 aliphatic carbocycles. The molecular formula is C19H20FNO6. The number of hydrogen-bond donors (Lipinski definition) is 1. The van der Waals surface area contributed by atoms with E-state index >= 15 is 0 Å². The lowest BCUT2D eigenvalue weighted by Crippen LogP contribution is -2.31. The van der Waals surface area contributed by atoms with Gasteiger partial charge in [-0.2, -0.15) is 0 Å². The lowest BCUT2D eigenvalue weighted by molar-refractivity contribution is -0.155. The summed E-state index contributed by atoms with van der Waals surface area (Å²) in [6.45, 7) is 1.03. The molecule has 1 N–H and O–H groups in total. The highest BCUT2D eigenvalue weighted by molar-refractivity contribution is 5.95. The zero-order valence-corrected chi connectivity index (χ0v) is 15.2. The number of amides is 1. The third-order valence-corrected chi connectivity index (χ3v) is 3.50. The van der Waals surface area contributed by atoms with Crippen LogP contribution in [-0.2, 0) is 14.3 Å². The SMILES string of the molecule is COc1ccc(NC(=O)[C@@H](C)OC(=O)COc2ccc(F)cc2)cc1OC. The normalized spacial score (nSPS) is 11.3. The van der Waals surface area contributed by atoms with Crippen LogP contribution >= 0.6 is 0 Å². The number of rotatable bonds is 8. The number of nitrogens with one attached hydrogen (secondary N) is 1. The van der Waals surface area contributed by atoms with Gasteiger partial charge in [0.05, 0.1) is 14.2 Å². The minimum absolute atomic E-state index is 0.316. The number of carbonyl (C=O) groups is 2. The molecule has 0 unspecified atom stereocenters. The van der Waals surface area contributed by atoms with Crippen molar-refractivity contribution < 1.29 is 32.9 Å². The molecule has 0 aliphatic heterocycles. The van der Waals surface area contributed by atoms with Gasteiger partial charge < -0.3 is 24.3 Å². The van der Waals surface area contributed by atoms with Crippen LogP contribution in [0.5, 0.6) is 17.2 Å². The number of carbonyl (C=O) groups excluding carboxylic acids is 2. The third-order valence-electron chi connectivity index (χ3n) is 3.50. The molecule has 0 saturated heterocycles. The van der Waals surface area contributed by atoms with Crippen molar-refractivity contribution in [3.63, 3.8) is 0 Å². The van der Waals surface area contributed by atoms with Crippen LogP contribution < -0.4 is 19.5 Å². The predicted molar refractivity (Wildman–Crippen MR) is 95.6 cm³/mol. The van der Waals surface area contributed by atoms with Crippen LogP contribution in [0.2, 0.25) is 0 Å².